The summed E-state index contributed by atoms with van der Waals surface area (Å²) < 4.78 is 0. The molecule has 0 saturated carbocycles. The lowest BCUT2D eigenvalue weighted by molar-refractivity contribution is -0.114. The highest BCUT2D eigenvalue weighted by molar-refractivity contribution is 8.06. The Balaban J connectivity index is 3.40. The molecule has 3 heteroatoms. The van der Waals surface area contributed by atoms with Crippen LogP contribution in [0.25, 0.3) is 0 Å². The van der Waals surface area contributed by atoms with E-state index >= 15 is 0 Å². The molecule has 0 spiro atoms. The minimum absolute atomic E-state index is 0.117. The number of thiocyanates is 1. The number of carbonyl (C=O) groups excluding carboxylic acids is 1. The summed E-state index contributed by atoms with van der Waals surface area (Å²) in [7, 11) is 0. The number of carbonyl (C=O) groups is 1. The van der Waals surface area contributed by atoms with Gasteiger partial charge in [-0.05, 0) is 29.7 Å². The second-order valence-corrected chi connectivity index (χ2v) is 3.13. The van der Waals surface area contributed by atoms with E-state index in [1.54, 1.807) is 0 Å². The molecule has 0 rings (SSSR count). The Morgan fingerprint density at radius 3 is 2.92 bits per heavy atom. The van der Waals surface area contributed by atoms with E-state index in [-0.39, 0.29) is 5.78 Å². The van der Waals surface area contributed by atoms with Crippen LogP contribution in [-0.2, 0) is 4.79 Å². The highest BCUT2D eigenvalue weighted by atomic mass is 32.2. The van der Waals surface area contributed by atoms with Crippen molar-refractivity contribution in [3.8, 4) is 5.40 Å². The minimum atomic E-state index is 0.117. The molecule has 0 unspecified atom stereocenters. The molecule has 0 fully saturated rings. The maximum Gasteiger partial charge on any atom is 0.156 e. The zero-order valence-corrected chi connectivity index (χ0v) is 8.06. The largest absolute Gasteiger partial charge is 0.295 e. The summed E-state index contributed by atoms with van der Waals surface area (Å²) in [6.07, 6.45) is 5.27. The Kier molecular flexibility index (Phi) is 7.83. The smallest absolute Gasteiger partial charge is 0.156 e. The minimum Gasteiger partial charge on any atom is -0.295 e. The predicted molar refractivity (Wildman–Crippen MR) is 51.5 cm³/mol. The van der Waals surface area contributed by atoms with Gasteiger partial charge in [-0.1, -0.05) is 19.8 Å². The number of nitrogens with zero attached hydrogens (tertiary/aromatic N) is 1. The number of ketones is 1. The van der Waals surface area contributed by atoms with Gasteiger partial charge in [-0.2, -0.15) is 5.26 Å². The number of unbranched alkanes of at least 4 members (excludes halogenated alkanes) is 2. The Hall–Kier alpha value is -0.750. The molecule has 0 radical (unpaired) electrons. The fourth-order valence-electron chi connectivity index (χ4n) is 0.773. The van der Waals surface area contributed by atoms with Crippen LogP contribution in [0.15, 0.2) is 11.5 Å². The van der Waals surface area contributed by atoms with Gasteiger partial charge in [0.15, 0.2) is 5.78 Å². The van der Waals surface area contributed by atoms with E-state index in [1.807, 2.05) is 5.40 Å². The van der Waals surface area contributed by atoms with Gasteiger partial charge in [0.05, 0.1) is 0 Å². The van der Waals surface area contributed by atoms with Crippen LogP contribution in [0.2, 0.25) is 0 Å². The third-order valence-electron chi connectivity index (χ3n) is 1.40. The predicted octanol–water partition coefficient (Wildman–Crippen LogP) is 2.86. The fourth-order valence-corrected chi connectivity index (χ4v) is 1.05. The first-order valence-electron chi connectivity index (χ1n) is 4.05. The average Bonchev–Trinajstić information content (AvgIpc) is 2.06. The van der Waals surface area contributed by atoms with Crippen molar-refractivity contribution in [1.82, 2.24) is 0 Å². The fraction of sp³-hybridized carbons (Fsp3) is 0.556. The zero-order valence-electron chi connectivity index (χ0n) is 7.25. The third-order valence-corrected chi connectivity index (χ3v) is 1.78. The summed E-state index contributed by atoms with van der Waals surface area (Å²) in [4.78, 5) is 11.0. The summed E-state index contributed by atoms with van der Waals surface area (Å²) in [6.45, 7) is 2.10. The van der Waals surface area contributed by atoms with Crippen LogP contribution in [0.3, 0.4) is 0 Å². The molecule has 0 aromatic carbocycles. The molecule has 0 aliphatic carbocycles. The monoisotopic (exact) mass is 183 g/mol. The van der Waals surface area contributed by atoms with Crippen molar-refractivity contribution in [1.29, 1.82) is 5.26 Å². The van der Waals surface area contributed by atoms with E-state index in [2.05, 4.69) is 6.92 Å². The molecule has 0 aromatic heterocycles. The molecule has 0 N–H and O–H groups in total. The number of hydrogen-bond acceptors (Lipinski definition) is 3. The van der Waals surface area contributed by atoms with Crippen LogP contribution >= 0.6 is 11.8 Å². The SMILES string of the molecule is CCCCCC(=O)C=CSC#N. The molecule has 0 saturated heterocycles. The zero-order chi connectivity index (χ0) is 9.23. The molecular formula is C9H13NOS. The number of nitriles is 1. The van der Waals surface area contributed by atoms with Crippen LogP contribution in [-0.4, -0.2) is 5.78 Å². The first-order valence-corrected chi connectivity index (χ1v) is 4.93. The van der Waals surface area contributed by atoms with Crippen LogP contribution in [0.1, 0.15) is 32.6 Å². The first-order chi connectivity index (χ1) is 5.81. The van der Waals surface area contributed by atoms with E-state index < -0.39 is 0 Å². The average molecular weight is 183 g/mol. The van der Waals surface area contributed by atoms with Gasteiger partial charge < -0.3 is 0 Å². The summed E-state index contributed by atoms with van der Waals surface area (Å²) >= 11 is 0.980. The van der Waals surface area contributed by atoms with Crippen molar-refractivity contribution in [2.45, 2.75) is 32.6 Å². The van der Waals surface area contributed by atoms with E-state index in [4.69, 9.17) is 5.26 Å². The molecule has 12 heavy (non-hydrogen) atoms. The van der Waals surface area contributed by atoms with Gasteiger partial charge in [-0.3, -0.25) is 4.79 Å². The summed E-state index contributed by atoms with van der Waals surface area (Å²) in [5.74, 6) is 0.117. The maximum absolute atomic E-state index is 11.0. The van der Waals surface area contributed by atoms with Gasteiger partial charge in [-0.25, -0.2) is 0 Å². The van der Waals surface area contributed by atoms with Crippen LogP contribution in [0.5, 0.6) is 0 Å². The normalized spacial score (nSPS) is 10.0. The highest BCUT2D eigenvalue weighted by Gasteiger charge is 1.94. The standard InChI is InChI=1S/C9H13NOS/c1-2-3-4-5-9(11)6-7-12-8-10/h6-7H,2-5H2,1H3. The Bertz CT molecular complexity index is 193. The maximum atomic E-state index is 11.0. The second kappa shape index (κ2) is 8.35. The molecule has 0 aromatic rings. The highest BCUT2D eigenvalue weighted by Crippen LogP contribution is 2.03. The van der Waals surface area contributed by atoms with E-state index in [9.17, 15) is 4.79 Å². The summed E-state index contributed by atoms with van der Waals surface area (Å²) in [5.41, 5.74) is 0. The number of thioether (sulfide) groups is 1. The van der Waals surface area contributed by atoms with Gasteiger partial charge in [0.25, 0.3) is 0 Å². The van der Waals surface area contributed by atoms with Crippen molar-refractivity contribution >= 4 is 17.5 Å². The number of allylic oxidation sites excluding steroid dienone is 1. The van der Waals surface area contributed by atoms with Crippen LogP contribution in [0.4, 0.5) is 0 Å². The van der Waals surface area contributed by atoms with Gasteiger partial charge in [0.2, 0.25) is 0 Å². The molecule has 0 bridgehead atoms. The lowest BCUT2D eigenvalue weighted by Crippen LogP contribution is -1.90. The molecular weight excluding hydrogens is 170 g/mol. The third kappa shape index (κ3) is 7.36. The first kappa shape index (κ1) is 11.2. The van der Waals surface area contributed by atoms with Crippen molar-refractivity contribution in [3.05, 3.63) is 11.5 Å². The number of rotatable bonds is 6. The van der Waals surface area contributed by atoms with Crippen LogP contribution in [0, 0.1) is 10.7 Å². The van der Waals surface area contributed by atoms with Crippen molar-refractivity contribution in [2.75, 3.05) is 0 Å². The van der Waals surface area contributed by atoms with Gasteiger partial charge in [-0.15, -0.1) is 0 Å². The van der Waals surface area contributed by atoms with Gasteiger partial charge >= 0.3 is 0 Å². The van der Waals surface area contributed by atoms with Crippen molar-refractivity contribution in [2.24, 2.45) is 0 Å². The van der Waals surface area contributed by atoms with Crippen molar-refractivity contribution in [3.63, 3.8) is 0 Å². The topological polar surface area (TPSA) is 40.9 Å². The molecule has 66 valence electrons. The van der Waals surface area contributed by atoms with Crippen molar-refractivity contribution < 1.29 is 4.79 Å². The molecule has 0 atom stereocenters. The summed E-state index contributed by atoms with van der Waals surface area (Å²) in [5, 5.41) is 11.5. The summed E-state index contributed by atoms with van der Waals surface area (Å²) in [6, 6.07) is 0. The molecule has 0 aliphatic heterocycles. The molecule has 2 nitrogen and oxygen atoms in total. The molecule has 0 amide bonds. The molecule has 0 heterocycles. The lowest BCUT2D eigenvalue weighted by atomic mass is 10.1. The van der Waals surface area contributed by atoms with E-state index in [1.165, 1.54) is 11.5 Å². The quantitative estimate of drug-likeness (QED) is 0.361. The number of hydrogen-bond donors (Lipinski definition) is 0. The van der Waals surface area contributed by atoms with Crippen LogP contribution < -0.4 is 0 Å². The van der Waals surface area contributed by atoms with E-state index in [0.717, 1.165) is 31.0 Å². The molecule has 0 aliphatic rings. The second-order valence-electron chi connectivity index (χ2n) is 2.44. The van der Waals surface area contributed by atoms with Gasteiger partial charge in [0, 0.05) is 6.42 Å². The Morgan fingerprint density at radius 2 is 2.33 bits per heavy atom. The van der Waals surface area contributed by atoms with E-state index in [0.29, 0.717) is 6.42 Å². The lowest BCUT2D eigenvalue weighted by Gasteiger charge is -1.92. The Morgan fingerprint density at radius 1 is 1.58 bits per heavy atom. The Labute approximate surface area is 77.6 Å². The van der Waals surface area contributed by atoms with Gasteiger partial charge in [0.1, 0.15) is 5.40 Å².